The molecule has 0 bridgehead atoms. The topological polar surface area (TPSA) is 53.4 Å². The van der Waals surface area contributed by atoms with Gasteiger partial charge in [-0.05, 0) is 30.9 Å². The summed E-state index contributed by atoms with van der Waals surface area (Å²) in [5.74, 6) is 1.01. The zero-order valence-electron chi connectivity index (χ0n) is 11.9. The lowest BCUT2D eigenvalue weighted by molar-refractivity contribution is -0.128. The molecule has 1 saturated carbocycles. The van der Waals surface area contributed by atoms with Crippen LogP contribution in [0.1, 0.15) is 12.8 Å². The van der Waals surface area contributed by atoms with E-state index >= 15 is 0 Å². The first-order valence-corrected chi connectivity index (χ1v) is 8.82. The van der Waals surface area contributed by atoms with E-state index in [0.29, 0.717) is 11.7 Å². The maximum atomic E-state index is 12.1. The Morgan fingerprint density at radius 3 is 2.95 bits per heavy atom. The molecule has 21 heavy (non-hydrogen) atoms. The molecule has 0 aliphatic heterocycles. The van der Waals surface area contributed by atoms with Crippen molar-refractivity contribution in [1.82, 2.24) is 9.88 Å². The third-order valence-electron chi connectivity index (χ3n) is 3.76. The van der Waals surface area contributed by atoms with Crippen molar-refractivity contribution in [2.75, 3.05) is 19.3 Å². The summed E-state index contributed by atoms with van der Waals surface area (Å²) in [6.07, 6.45) is 1.49. The Labute approximate surface area is 132 Å². The van der Waals surface area contributed by atoms with Crippen LogP contribution in [0.5, 0.6) is 0 Å². The van der Waals surface area contributed by atoms with Crippen LogP contribution in [0.4, 0.5) is 0 Å². The quantitative estimate of drug-likeness (QED) is 0.860. The van der Waals surface area contributed by atoms with Crippen LogP contribution in [0, 0.1) is 5.92 Å². The van der Waals surface area contributed by atoms with E-state index in [-0.39, 0.29) is 12.0 Å². The van der Waals surface area contributed by atoms with Crippen LogP contribution >= 0.6 is 23.1 Å². The van der Waals surface area contributed by atoms with Crippen LogP contribution in [0.3, 0.4) is 0 Å². The van der Waals surface area contributed by atoms with Gasteiger partial charge in [-0.3, -0.25) is 4.79 Å². The largest absolute Gasteiger partial charge is 0.393 e. The third kappa shape index (κ3) is 3.56. The Morgan fingerprint density at radius 1 is 1.48 bits per heavy atom. The molecule has 1 aromatic carbocycles. The third-order valence-corrected chi connectivity index (χ3v) is 5.93. The summed E-state index contributed by atoms with van der Waals surface area (Å²) in [7, 11) is 1.84. The molecule has 0 atom stereocenters. The lowest BCUT2D eigenvalue weighted by atomic mass is 9.82. The second-order valence-corrected chi connectivity index (χ2v) is 7.75. The standard InChI is InChI=1S/C15H18N2O2S2/c1-17(8-10-6-11(18)7-10)14(19)9-20-15-16-12-4-2-3-5-13(12)21-15/h2-5,10-11,18H,6-9H2,1H3. The Hall–Kier alpha value is -1.11. The van der Waals surface area contributed by atoms with Crippen molar-refractivity contribution in [3.8, 4) is 0 Å². The number of amides is 1. The predicted octanol–water partition coefficient (Wildman–Crippen LogP) is 2.62. The molecule has 2 aromatic rings. The lowest BCUT2D eigenvalue weighted by Crippen LogP contribution is -2.40. The fourth-order valence-corrected chi connectivity index (χ4v) is 4.49. The lowest BCUT2D eigenvalue weighted by Gasteiger charge is -2.34. The van der Waals surface area contributed by atoms with Gasteiger partial charge in [0.05, 0.1) is 22.1 Å². The summed E-state index contributed by atoms with van der Waals surface area (Å²) in [5.41, 5.74) is 0.995. The number of carbonyl (C=O) groups is 1. The van der Waals surface area contributed by atoms with E-state index in [0.717, 1.165) is 33.9 Å². The van der Waals surface area contributed by atoms with E-state index in [1.165, 1.54) is 11.8 Å². The highest BCUT2D eigenvalue weighted by molar-refractivity contribution is 8.01. The van der Waals surface area contributed by atoms with Gasteiger partial charge in [0.25, 0.3) is 0 Å². The molecule has 1 amide bonds. The zero-order chi connectivity index (χ0) is 14.8. The van der Waals surface area contributed by atoms with Gasteiger partial charge < -0.3 is 10.0 Å². The number of thiazole rings is 1. The minimum atomic E-state index is -0.157. The van der Waals surface area contributed by atoms with Gasteiger partial charge in [0.2, 0.25) is 5.91 Å². The van der Waals surface area contributed by atoms with Gasteiger partial charge >= 0.3 is 0 Å². The van der Waals surface area contributed by atoms with E-state index in [2.05, 4.69) is 4.98 Å². The van der Waals surface area contributed by atoms with Crippen LogP contribution < -0.4 is 0 Å². The number of thioether (sulfide) groups is 1. The molecule has 0 saturated heterocycles. The number of hydrogen-bond acceptors (Lipinski definition) is 5. The maximum Gasteiger partial charge on any atom is 0.232 e. The number of aromatic nitrogens is 1. The molecule has 1 fully saturated rings. The number of fused-ring (bicyclic) bond motifs is 1. The fourth-order valence-electron chi connectivity index (χ4n) is 2.49. The van der Waals surface area contributed by atoms with Crippen LogP contribution in [-0.4, -0.2) is 46.3 Å². The van der Waals surface area contributed by atoms with Crippen LogP contribution in [0.2, 0.25) is 0 Å². The smallest absolute Gasteiger partial charge is 0.232 e. The minimum absolute atomic E-state index is 0.126. The van der Waals surface area contributed by atoms with Crippen molar-refractivity contribution < 1.29 is 9.90 Å². The van der Waals surface area contributed by atoms with E-state index in [1.54, 1.807) is 16.2 Å². The average Bonchev–Trinajstić information content (AvgIpc) is 2.85. The second kappa shape index (κ2) is 6.34. The molecule has 0 unspecified atom stereocenters. The molecule has 1 aromatic heterocycles. The first-order valence-electron chi connectivity index (χ1n) is 7.02. The monoisotopic (exact) mass is 322 g/mol. The van der Waals surface area contributed by atoms with Crippen molar-refractivity contribution in [2.45, 2.75) is 23.3 Å². The summed E-state index contributed by atoms with van der Waals surface area (Å²) in [6.45, 7) is 0.746. The number of rotatable bonds is 5. The van der Waals surface area contributed by atoms with Gasteiger partial charge in [0.15, 0.2) is 4.34 Å². The summed E-state index contributed by atoms with van der Waals surface area (Å²) < 4.78 is 2.10. The maximum absolute atomic E-state index is 12.1. The number of hydrogen-bond donors (Lipinski definition) is 1. The molecule has 1 aliphatic rings. The molecule has 1 N–H and O–H groups in total. The molecule has 6 heteroatoms. The second-order valence-electron chi connectivity index (χ2n) is 5.50. The predicted molar refractivity (Wildman–Crippen MR) is 86.7 cm³/mol. The number of para-hydroxylation sites is 1. The Morgan fingerprint density at radius 2 is 2.24 bits per heavy atom. The van der Waals surface area contributed by atoms with E-state index in [9.17, 15) is 9.90 Å². The summed E-state index contributed by atoms with van der Waals surface area (Å²) >= 11 is 3.13. The van der Waals surface area contributed by atoms with E-state index < -0.39 is 0 Å². The first-order chi connectivity index (χ1) is 10.1. The van der Waals surface area contributed by atoms with E-state index in [4.69, 9.17) is 0 Å². The number of carbonyl (C=O) groups excluding carboxylic acids is 1. The molecule has 3 rings (SSSR count). The van der Waals surface area contributed by atoms with Gasteiger partial charge in [-0.15, -0.1) is 11.3 Å². The normalized spacial score (nSPS) is 21.2. The Kier molecular flexibility index (Phi) is 4.47. The minimum Gasteiger partial charge on any atom is -0.393 e. The number of benzene rings is 1. The molecule has 4 nitrogen and oxygen atoms in total. The van der Waals surface area contributed by atoms with Crippen LogP contribution in [0.15, 0.2) is 28.6 Å². The molecular weight excluding hydrogens is 304 g/mol. The number of aliphatic hydroxyl groups excluding tert-OH is 1. The summed E-state index contributed by atoms with van der Waals surface area (Å²) in [6, 6.07) is 8.02. The van der Waals surface area contributed by atoms with Crippen molar-refractivity contribution in [1.29, 1.82) is 0 Å². The molecule has 112 valence electrons. The van der Waals surface area contributed by atoms with Crippen molar-refractivity contribution in [3.63, 3.8) is 0 Å². The zero-order valence-corrected chi connectivity index (χ0v) is 13.5. The Bertz CT molecular complexity index is 604. The summed E-state index contributed by atoms with van der Waals surface area (Å²) in [4.78, 5) is 18.4. The van der Waals surface area contributed by atoms with Gasteiger partial charge in [-0.2, -0.15) is 0 Å². The van der Waals surface area contributed by atoms with Crippen LogP contribution in [-0.2, 0) is 4.79 Å². The number of nitrogens with zero attached hydrogens (tertiary/aromatic N) is 2. The highest BCUT2D eigenvalue weighted by Gasteiger charge is 2.29. The van der Waals surface area contributed by atoms with Crippen LogP contribution in [0.25, 0.3) is 10.2 Å². The van der Waals surface area contributed by atoms with Gasteiger partial charge in [0.1, 0.15) is 0 Å². The van der Waals surface area contributed by atoms with Gasteiger partial charge in [0, 0.05) is 13.6 Å². The van der Waals surface area contributed by atoms with Gasteiger partial charge in [-0.1, -0.05) is 23.9 Å². The summed E-state index contributed by atoms with van der Waals surface area (Å²) in [5, 5.41) is 9.28. The highest BCUT2D eigenvalue weighted by atomic mass is 32.2. The van der Waals surface area contributed by atoms with Crippen molar-refractivity contribution in [2.24, 2.45) is 5.92 Å². The fraction of sp³-hybridized carbons (Fsp3) is 0.467. The average molecular weight is 322 g/mol. The molecule has 1 heterocycles. The SMILES string of the molecule is CN(CC1CC(O)C1)C(=O)CSc1nc2ccccc2s1. The highest BCUT2D eigenvalue weighted by Crippen LogP contribution is 2.30. The van der Waals surface area contributed by atoms with Crippen molar-refractivity contribution in [3.05, 3.63) is 24.3 Å². The van der Waals surface area contributed by atoms with Gasteiger partial charge in [-0.25, -0.2) is 4.98 Å². The molecule has 1 aliphatic carbocycles. The first kappa shape index (κ1) is 14.8. The molecule has 0 radical (unpaired) electrons. The number of aliphatic hydroxyl groups is 1. The molecule has 0 spiro atoms. The Balaban J connectivity index is 1.50. The van der Waals surface area contributed by atoms with E-state index in [1.807, 2.05) is 31.3 Å². The van der Waals surface area contributed by atoms with Crippen molar-refractivity contribution >= 4 is 39.2 Å². The molecular formula is C15H18N2O2S2.